The molecule has 2 N–H and O–H groups in total. The summed E-state index contributed by atoms with van der Waals surface area (Å²) in [6.45, 7) is -0.106. The van der Waals surface area contributed by atoms with Crippen molar-refractivity contribution in [2.45, 2.75) is 13.0 Å². The van der Waals surface area contributed by atoms with E-state index in [0.29, 0.717) is 0 Å². The molecule has 0 aliphatic heterocycles. The molecule has 1 heterocycles. The van der Waals surface area contributed by atoms with Gasteiger partial charge in [-0.2, -0.15) is 0 Å². The van der Waals surface area contributed by atoms with E-state index in [1.54, 1.807) is 0 Å². The Morgan fingerprint density at radius 3 is 2.71 bits per heavy atom. The third-order valence-electron chi connectivity index (χ3n) is 1.75. The minimum absolute atomic E-state index is 0.106. The third kappa shape index (κ3) is 1.88. The molecule has 0 aliphatic rings. The van der Waals surface area contributed by atoms with E-state index >= 15 is 0 Å². The van der Waals surface area contributed by atoms with Crippen LogP contribution in [0.3, 0.4) is 0 Å². The average Bonchev–Trinajstić information content (AvgIpc) is 2.17. The van der Waals surface area contributed by atoms with Crippen LogP contribution in [0.4, 0.5) is 8.78 Å². The molecule has 0 atom stereocenters. The molecular weight excluding hydrogens is 214 g/mol. The molecule has 1 rings (SSSR count). The number of alkyl halides is 2. The predicted molar refractivity (Wildman–Crippen MR) is 47.5 cm³/mol. The zero-order valence-corrected chi connectivity index (χ0v) is 7.76. The van der Waals surface area contributed by atoms with Crippen molar-refractivity contribution in [3.63, 3.8) is 0 Å². The van der Waals surface area contributed by atoms with Crippen molar-refractivity contribution >= 4 is 17.9 Å². The van der Waals surface area contributed by atoms with Gasteiger partial charge in [-0.3, -0.25) is 4.79 Å². The fourth-order valence-electron chi connectivity index (χ4n) is 1.09. The maximum Gasteiger partial charge on any atom is 0.265 e. The largest absolute Gasteiger partial charge is 0.326 e. The van der Waals surface area contributed by atoms with E-state index in [4.69, 9.17) is 17.3 Å². The molecule has 0 amide bonds. The third-order valence-corrected chi connectivity index (χ3v) is 2.05. The number of halogens is 3. The summed E-state index contributed by atoms with van der Waals surface area (Å²) in [6.07, 6.45) is -1.37. The smallest absolute Gasteiger partial charge is 0.265 e. The number of nitrogens with zero attached hydrogens (tertiary/aromatic N) is 1. The fraction of sp³-hybridized carbons (Fsp3) is 0.250. The first kappa shape index (κ1) is 11.0. The zero-order valence-electron chi connectivity index (χ0n) is 7.01. The van der Waals surface area contributed by atoms with Gasteiger partial charge in [0.25, 0.3) is 6.43 Å². The minimum atomic E-state index is -2.78. The van der Waals surface area contributed by atoms with Crippen LogP contribution >= 0.6 is 11.6 Å². The van der Waals surface area contributed by atoms with Crippen molar-refractivity contribution in [2.24, 2.45) is 5.73 Å². The molecule has 0 spiro atoms. The lowest BCUT2D eigenvalue weighted by molar-refractivity contribution is 0.110. The molecule has 0 saturated carbocycles. The molecule has 0 saturated heterocycles. The summed E-state index contributed by atoms with van der Waals surface area (Å²) in [5, 5.41) is -0.229. The lowest BCUT2D eigenvalue weighted by Crippen LogP contribution is -2.07. The SMILES string of the molecule is NCc1cnc(Cl)c(C=O)c1C(F)F. The second kappa shape index (κ2) is 4.43. The van der Waals surface area contributed by atoms with Crippen molar-refractivity contribution in [3.05, 3.63) is 28.0 Å². The van der Waals surface area contributed by atoms with Crippen molar-refractivity contribution in [3.8, 4) is 0 Å². The number of pyridine rings is 1. The van der Waals surface area contributed by atoms with Crippen molar-refractivity contribution < 1.29 is 13.6 Å². The van der Waals surface area contributed by atoms with Gasteiger partial charge in [-0.05, 0) is 5.56 Å². The lowest BCUT2D eigenvalue weighted by Gasteiger charge is -2.09. The Balaban J connectivity index is 3.43. The molecular formula is C8H7ClF2N2O. The van der Waals surface area contributed by atoms with Crippen LogP contribution in [0.15, 0.2) is 6.20 Å². The minimum Gasteiger partial charge on any atom is -0.326 e. The number of hydrogen-bond donors (Lipinski definition) is 1. The van der Waals surface area contributed by atoms with Gasteiger partial charge in [-0.15, -0.1) is 0 Å². The highest BCUT2D eigenvalue weighted by atomic mass is 35.5. The fourth-order valence-corrected chi connectivity index (χ4v) is 1.29. The Morgan fingerprint density at radius 1 is 1.64 bits per heavy atom. The van der Waals surface area contributed by atoms with Gasteiger partial charge in [-0.25, -0.2) is 13.8 Å². The van der Waals surface area contributed by atoms with Crippen molar-refractivity contribution in [1.82, 2.24) is 4.98 Å². The highest BCUT2D eigenvalue weighted by Gasteiger charge is 2.20. The molecule has 0 aliphatic carbocycles. The molecule has 3 nitrogen and oxygen atoms in total. The number of hydrogen-bond acceptors (Lipinski definition) is 3. The Morgan fingerprint density at radius 2 is 2.29 bits per heavy atom. The summed E-state index contributed by atoms with van der Waals surface area (Å²) in [4.78, 5) is 14.1. The summed E-state index contributed by atoms with van der Waals surface area (Å²) < 4.78 is 25.1. The molecule has 0 radical (unpaired) electrons. The number of carbonyl (C=O) groups excluding carboxylic acids is 1. The van der Waals surface area contributed by atoms with Gasteiger partial charge in [0, 0.05) is 18.3 Å². The van der Waals surface area contributed by atoms with E-state index in [-0.39, 0.29) is 29.1 Å². The standard InChI is InChI=1S/C8H7ClF2N2O/c9-7-5(3-14)6(8(10)11)4(1-12)2-13-7/h2-3,8H,1,12H2. The number of nitrogens with two attached hydrogens (primary N) is 1. The summed E-state index contributed by atoms with van der Waals surface area (Å²) in [7, 11) is 0. The van der Waals surface area contributed by atoms with Crippen LogP contribution in [-0.4, -0.2) is 11.3 Å². The molecule has 0 aromatic carbocycles. The molecule has 14 heavy (non-hydrogen) atoms. The van der Waals surface area contributed by atoms with Gasteiger partial charge in [-0.1, -0.05) is 11.6 Å². The highest BCUT2D eigenvalue weighted by Crippen LogP contribution is 2.28. The lowest BCUT2D eigenvalue weighted by atomic mass is 10.1. The molecule has 6 heteroatoms. The topological polar surface area (TPSA) is 56.0 Å². The van der Waals surface area contributed by atoms with Gasteiger partial charge in [0.05, 0.1) is 5.56 Å². The van der Waals surface area contributed by atoms with Crippen molar-refractivity contribution in [2.75, 3.05) is 0 Å². The van der Waals surface area contributed by atoms with Crippen LogP contribution in [0, 0.1) is 0 Å². The van der Waals surface area contributed by atoms with Gasteiger partial charge >= 0.3 is 0 Å². The quantitative estimate of drug-likeness (QED) is 0.626. The predicted octanol–water partition coefficient (Wildman–Crippen LogP) is 1.94. The molecule has 0 bridgehead atoms. The Hall–Kier alpha value is -1.07. The van der Waals surface area contributed by atoms with Gasteiger partial charge in [0.2, 0.25) is 0 Å². The number of aromatic nitrogens is 1. The van der Waals surface area contributed by atoms with Crippen molar-refractivity contribution in [1.29, 1.82) is 0 Å². The van der Waals surface area contributed by atoms with E-state index in [1.165, 1.54) is 0 Å². The average molecular weight is 221 g/mol. The summed E-state index contributed by atoms with van der Waals surface area (Å²) in [5.74, 6) is 0. The molecule has 0 unspecified atom stereocenters. The summed E-state index contributed by atoms with van der Waals surface area (Å²) in [5.41, 5.74) is 4.65. The Kier molecular flexibility index (Phi) is 3.49. The number of aldehydes is 1. The molecule has 1 aromatic rings. The maximum atomic E-state index is 12.5. The van der Waals surface area contributed by atoms with Crippen LogP contribution in [-0.2, 0) is 6.54 Å². The normalized spacial score (nSPS) is 10.6. The molecule has 0 fully saturated rings. The Labute approximate surface area is 83.9 Å². The zero-order chi connectivity index (χ0) is 10.7. The van der Waals surface area contributed by atoms with E-state index in [1.807, 2.05) is 0 Å². The number of carbonyl (C=O) groups is 1. The van der Waals surface area contributed by atoms with E-state index in [0.717, 1.165) is 6.20 Å². The first-order chi connectivity index (χ1) is 6.61. The van der Waals surface area contributed by atoms with E-state index < -0.39 is 12.0 Å². The first-order valence-corrected chi connectivity index (χ1v) is 4.10. The summed E-state index contributed by atoms with van der Waals surface area (Å²) in [6, 6.07) is 0. The second-order valence-corrected chi connectivity index (χ2v) is 2.88. The van der Waals surface area contributed by atoms with Crippen LogP contribution in [0.5, 0.6) is 0 Å². The van der Waals surface area contributed by atoms with Crippen LogP contribution < -0.4 is 5.73 Å². The van der Waals surface area contributed by atoms with Gasteiger partial charge < -0.3 is 5.73 Å². The van der Waals surface area contributed by atoms with Crippen LogP contribution in [0.2, 0.25) is 5.15 Å². The number of rotatable bonds is 3. The van der Waals surface area contributed by atoms with Gasteiger partial charge in [0.15, 0.2) is 6.29 Å². The second-order valence-electron chi connectivity index (χ2n) is 2.52. The van der Waals surface area contributed by atoms with Crippen LogP contribution in [0.1, 0.15) is 27.9 Å². The first-order valence-electron chi connectivity index (χ1n) is 3.72. The Bertz CT molecular complexity index is 357. The van der Waals surface area contributed by atoms with Gasteiger partial charge in [0.1, 0.15) is 5.15 Å². The van der Waals surface area contributed by atoms with Crippen LogP contribution in [0.25, 0.3) is 0 Å². The highest BCUT2D eigenvalue weighted by molar-refractivity contribution is 6.31. The monoisotopic (exact) mass is 220 g/mol. The molecule has 76 valence electrons. The van der Waals surface area contributed by atoms with E-state index in [9.17, 15) is 13.6 Å². The molecule has 1 aromatic heterocycles. The van der Waals surface area contributed by atoms with E-state index in [2.05, 4.69) is 4.98 Å². The summed E-state index contributed by atoms with van der Waals surface area (Å²) >= 11 is 5.49. The maximum absolute atomic E-state index is 12.5.